The molecule has 0 aromatic rings. The highest BCUT2D eigenvalue weighted by Crippen LogP contribution is 2.28. The van der Waals surface area contributed by atoms with E-state index in [1.807, 2.05) is 0 Å². The first kappa shape index (κ1) is 10.0. The zero-order valence-corrected chi connectivity index (χ0v) is 8.93. The quantitative estimate of drug-likeness (QED) is 0.670. The van der Waals surface area contributed by atoms with Crippen molar-refractivity contribution in [3.8, 4) is 0 Å². The average molecular weight is 169 g/mol. The minimum Gasteiger partial charge on any atom is -0.312 e. The van der Waals surface area contributed by atoms with Crippen molar-refractivity contribution in [3.63, 3.8) is 0 Å². The summed E-state index contributed by atoms with van der Waals surface area (Å²) in [6.45, 7) is 9.24. The van der Waals surface area contributed by atoms with Crippen LogP contribution in [0.3, 0.4) is 0 Å². The summed E-state index contributed by atoms with van der Waals surface area (Å²) in [7, 11) is 0. The standard InChI is InChI=1S/C11H23N/c1-8(2)12-11-7-9(3)5-6-10(11)4/h8-12H,5-7H2,1-4H3. The lowest BCUT2D eigenvalue weighted by molar-refractivity contribution is 0.219. The maximum absolute atomic E-state index is 3.66. The van der Waals surface area contributed by atoms with Gasteiger partial charge in [0, 0.05) is 12.1 Å². The predicted octanol–water partition coefficient (Wildman–Crippen LogP) is 2.81. The van der Waals surface area contributed by atoms with Gasteiger partial charge < -0.3 is 5.32 Å². The van der Waals surface area contributed by atoms with Crippen molar-refractivity contribution in [2.45, 2.75) is 59.0 Å². The minimum atomic E-state index is 0.641. The van der Waals surface area contributed by atoms with E-state index in [1.165, 1.54) is 19.3 Å². The minimum absolute atomic E-state index is 0.641. The van der Waals surface area contributed by atoms with E-state index in [9.17, 15) is 0 Å². The molecule has 12 heavy (non-hydrogen) atoms. The highest BCUT2D eigenvalue weighted by Gasteiger charge is 2.25. The lowest BCUT2D eigenvalue weighted by Gasteiger charge is -2.34. The molecule has 0 radical (unpaired) electrons. The second-order valence-corrected chi connectivity index (χ2v) is 4.82. The fourth-order valence-corrected chi connectivity index (χ4v) is 2.19. The lowest BCUT2D eigenvalue weighted by Crippen LogP contribution is -2.42. The molecule has 1 fully saturated rings. The molecule has 0 saturated heterocycles. The van der Waals surface area contributed by atoms with Gasteiger partial charge in [0.15, 0.2) is 0 Å². The highest BCUT2D eigenvalue weighted by molar-refractivity contribution is 4.82. The summed E-state index contributed by atoms with van der Waals surface area (Å²) in [6, 6.07) is 1.41. The van der Waals surface area contributed by atoms with Crippen LogP contribution in [0.15, 0.2) is 0 Å². The summed E-state index contributed by atoms with van der Waals surface area (Å²) in [5, 5.41) is 3.66. The molecule has 0 aromatic carbocycles. The van der Waals surface area contributed by atoms with Crippen molar-refractivity contribution in [1.29, 1.82) is 0 Å². The Hall–Kier alpha value is -0.0400. The molecule has 3 unspecified atom stereocenters. The summed E-state index contributed by atoms with van der Waals surface area (Å²) >= 11 is 0. The Balaban J connectivity index is 2.38. The number of hydrogen-bond acceptors (Lipinski definition) is 1. The number of hydrogen-bond donors (Lipinski definition) is 1. The molecule has 72 valence electrons. The van der Waals surface area contributed by atoms with Crippen molar-refractivity contribution in [1.82, 2.24) is 5.32 Å². The SMILES string of the molecule is CC1CCC(C)C(NC(C)C)C1. The summed E-state index contributed by atoms with van der Waals surface area (Å²) in [4.78, 5) is 0. The molecular formula is C11H23N. The van der Waals surface area contributed by atoms with Gasteiger partial charge in [-0.1, -0.05) is 34.1 Å². The van der Waals surface area contributed by atoms with Crippen molar-refractivity contribution in [2.24, 2.45) is 11.8 Å². The molecule has 1 saturated carbocycles. The van der Waals surface area contributed by atoms with Gasteiger partial charge in [0.1, 0.15) is 0 Å². The van der Waals surface area contributed by atoms with E-state index in [1.54, 1.807) is 0 Å². The van der Waals surface area contributed by atoms with Gasteiger partial charge in [0.25, 0.3) is 0 Å². The van der Waals surface area contributed by atoms with Gasteiger partial charge in [-0.2, -0.15) is 0 Å². The third-order valence-corrected chi connectivity index (χ3v) is 3.01. The van der Waals surface area contributed by atoms with Gasteiger partial charge in [-0.15, -0.1) is 0 Å². The summed E-state index contributed by atoms with van der Waals surface area (Å²) in [6.07, 6.45) is 4.21. The Morgan fingerprint density at radius 2 is 1.83 bits per heavy atom. The fourth-order valence-electron chi connectivity index (χ4n) is 2.19. The number of rotatable bonds is 2. The molecule has 0 heterocycles. The van der Waals surface area contributed by atoms with Crippen LogP contribution in [0, 0.1) is 11.8 Å². The Morgan fingerprint density at radius 1 is 1.17 bits per heavy atom. The van der Waals surface area contributed by atoms with Crippen LogP contribution in [0.4, 0.5) is 0 Å². The van der Waals surface area contributed by atoms with Crippen molar-refractivity contribution in [2.75, 3.05) is 0 Å². The normalized spacial score (nSPS) is 37.2. The molecule has 1 nitrogen and oxygen atoms in total. The zero-order valence-electron chi connectivity index (χ0n) is 8.93. The molecule has 1 aliphatic rings. The molecule has 0 bridgehead atoms. The van der Waals surface area contributed by atoms with Crippen LogP contribution < -0.4 is 5.32 Å². The van der Waals surface area contributed by atoms with E-state index >= 15 is 0 Å². The first-order valence-electron chi connectivity index (χ1n) is 5.35. The van der Waals surface area contributed by atoms with Gasteiger partial charge >= 0.3 is 0 Å². The average Bonchev–Trinajstić information content (AvgIpc) is 1.96. The third-order valence-electron chi connectivity index (χ3n) is 3.01. The first-order valence-corrected chi connectivity index (χ1v) is 5.35. The van der Waals surface area contributed by atoms with E-state index in [0.717, 1.165) is 17.9 Å². The Kier molecular flexibility index (Phi) is 3.57. The molecule has 1 aliphatic carbocycles. The lowest BCUT2D eigenvalue weighted by atomic mass is 9.80. The maximum Gasteiger partial charge on any atom is 0.00975 e. The van der Waals surface area contributed by atoms with Crippen LogP contribution in [0.5, 0.6) is 0 Å². The highest BCUT2D eigenvalue weighted by atomic mass is 14.9. The molecule has 1 heteroatoms. The molecule has 1 N–H and O–H groups in total. The van der Waals surface area contributed by atoms with Gasteiger partial charge in [0.2, 0.25) is 0 Å². The maximum atomic E-state index is 3.66. The van der Waals surface area contributed by atoms with E-state index in [4.69, 9.17) is 0 Å². The number of nitrogens with one attached hydrogen (secondary N) is 1. The topological polar surface area (TPSA) is 12.0 Å². The van der Waals surface area contributed by atoms with E-state index in [-0.39, 0.29) is 0 Å². The second-order valence-electron chi connectivity index (χ2n) is 4.82. The molecule has 0 spiro atoms. The van der Waals surface area contributed by atoms with E-state index in [0.29, 0.717) is 6.04 Å². The van der Waals surface area contributed by atoms with Crippen LogP contribution in [0.2, 0.25) is 0 Å². The van der Waals surface area contributed by atoms with Crippen molar-refractivity contribution >= 4 is 0 Å². The summed E-state index contributed by atoms with van der Waals surface area (Å²) in [5.74, 6) is 1.81. The molecule has 0 amide bonds. The smallest absolute Gasteiger partial charge is 0.00975 e. The third kappa shape index (κ3) is 2.78. The largest absolute Gasteiger partial charge is 0.312 e. The molecular weight excluding hydrogens is 146 g/mol. The molecule has 1 rings (SSSR count). The van der Waals surface area contributed by atoms with Gasteiger partial charge in [-0.05, 0) is 24.7 Å². The Bertz CT molecular complexity index is 129. The van der Waals surface area contributed by atoms with Gasteiger partial charge in [0.05, 0.1) is 0 Å². The molecule has 3 atom stereocenters. The van der Waals surface area contributed by atoms with Crippen LogP contribution >= 0.6 is 0 Å². The predicted molar refractivity (Wildman–Crippen MR) is 54.2 cm³/mol. The van der Waals surface area contributed by atoms with Gasteiger partial charge in [-0.25, -0.2) is 0 Å². The Morgan fingerprint density at radius 3 is 2.42 bits per heavy atom. The van der Waals surface area contributed by atoms with Crippen molar-refractivity contribution in [3.05, 3.63) is 0 Å². The fraction of sp³-hybridized carbons (Fsp3) is 1.00. The van der Waals surface area contributed by atoms with Crippen LogP contribution in [0.25, 0.3) is 0 Å². The monoisotopic (exact) mass is 169 g/mol. The summed E-state index contributed by atoms with van der Waals surface area (Å²) in [5.41, 5.74) is 0. The van der Waals surface area contributed by atoms with Gasteiger partial charge in [-0.3, -0.25) is 0 Å². The summed E-state index contributed by atoms with van der Waals surface area (Å²) < 4.78 is 0. The molecule has 0 aliphatic heterocycles. The van der Waals surface area contributed by atoms with Crippen LogP contribution in [-0.4, -0.2) is 12.1 Å². The van der Waals surface area contributed by atoms with Crippen LogP contribution in [-0.2, 0) is 0 Å². The van der Waals surface area contributed by atoms with Crippen LogP contribution in [0.1, 0.15) is 47.0 Å². The van der Waals surface area contributed by atoms with Crippen molar-refractivity contribution < 1.29 is 0 Å². The first-order chi connectivity index (χ1) is 5.59. The Labute approximate surface area is 76.9 Å². The second kappa shape index (κ2) is 4.27. The van der Waals surface area contributed by atoms with E-state index < -0.39 is 0 Å². The van der Waals surface area contributed by atoms with E-state index in [2.05, 4.69) is 33.0 Å². The zero-order chi connectivity index (χ0) is 9.14. The molecule has 0 aromatic heterocycles.